The second kappa shape index (κ2) is 6.44. The Labute approximate surface area is 100 Å². The Balaban J connectivity index is 2.46. The fourth-order valence-corrected chi connectivity index (χ4v) is 1.70. The highest BCUT2D eigenvalue weighted by Crippen LogP contribution is 2.08. The Morgan fingerprint density at radius 2 is 2.38 bits per heavy atom. The van der Waals surface area contributed by atoms with E-state index >= 15 is 0 Å². The lowest BCUT2D eigenvalue weighted by molar-refractivity contribution is 0.615. The van der Waals surface area contributed by atoms with Crippen LogP contribution in [0.2, 0.25) is 0 Å². The summed E-state index contributed by atoms with van der Waals surface area (Å²) in [6.07, 6.45) is 0. The van der Waals surface area contributed by atoms with Crippen molar-refractivity contribution in [3.8, 4) is 0 Å². The van der Waals surface area contributed by atoms with E-state index in [-0.39, 0.29) is 0 Å². The molecule has 16 heavy (non-hydrogen) atoms. The molecule has 5 nitrogen and oxygen atoms in total. The van der Waals surface area contributed by atoms with Gasteiger partial charge in [-0.05, 0) is 12.8 Å². The SMILES string of the molecule is Cc1nc(CN=C(NN)NCC(C)C)cs1. The maximum absolute atomic E-state index is 5.37. The molecule has 0 saturated carbocycles. The number of guanidine groups is 1. The van der Waals surface area contributed by atoms with E-state index in [0.717, 1.165) is 17.2 Å². The first kappa shape index (κ1) is 12.9. The van der Waals surface area contributed by atoms with Crippen LogP contribution in [0.4, 0.5) is 0 Å². The highest BCUT2D eigenvalue weighted by atomic mass is 32.1. The van der Waals surface area contributed by atoms with Crippen LogP contribution in [0.15, 0.2) is 10.4 Å². The molecule has 90 valence electrons. The summed E-state index contributed by atoms with van der Waals surface area (Å²) in [5.74, 6) is 6.53. The number of aromatic nitrogens is 1. The van der Waals surface area contributed by atoms with E-state index in [9.17, 15) is 0 Å². The molecule has 4 N–H and O–H groups in total. The van der Waals surface area contributed by atoms with Crippen LogP contribution in [0.1, 0.15) is 24.5 Å². The molecule has 0 atom stereocenters. The fourth-order valence-electron chi connectivity index (χ4n) is 1.09. The van der Waals surface area contributed by atoms with Crippen LogP contribution < -0.4 is 16.6 Å². The van der Waals surface area contributed by atoms with Gasteiger partial charge in [0.25, 0.3) is 0 Å². The van der Waals surface area contributed by atoms with E-state index in [1.807, 2.05) is 12.3 Å². The van der Waals surface area contributed by atoms with Gasteiger partial charge in [-0.3, -0.25) is 5.43 Å². The summed E-state index contributed by atoms with van der Waals surface area (Å²) >= 11 is 1.63. The lowest BCUT2D eigenvalue weighted by Crippen LogP contribution is -2.42. The minimum absolute atomic E-state index is 0.551. The van der Waals surface area contributed by atoms with Gasteiger partial charge in [0.05, 0.1) is 17.2 Å². The Bertz CT molecular complexity index is 345. The quantitative estimate of drug-likeness (QED) is 0.318. The highest BCUT2D eigenvalue weighted by molar-refractivity contribution is 7.09. The normalized spacial score (nSPS) is 11.9. The van der Waals surface area contributed by atoms with Crippen molar-refractivity contribution in [1.82, 2.24) is 15.7 Å². The van der Waals surface area contributed by atoms with Crippen LogP contribution in [-0.2, 0) is 6.54 Å². The number of thiazole rings is 1. The molecule has 1 aromatic heterocycles. The van der Waals surface area contributed by atoms with Crippen molar-refractivity contribution in [3.63, 3.8) is 0 Å². The summed E-state index contributed by atoms with van der Waals surface area (Å²) in [6, 6.07) is 0. The third kappa shape index (κ3) is 4.59. The molecule has 0 aromatic carbocycles. The number of hydrogen-bond acceptors (Lipinski definition) is 4. The van der Waals surface area contributed by atoms with Gasteiger partial charge in [0.15, 0.2) is 0 Å². The summed E-state index contributed by atoms with van der Waals surface area (Å²) in [7, 11) is 0. The molecule has 1 rings (SSSR count). The van der Waals surface area contributed by atoms with Gasteiger partial charge in [-0.15, -0.1) is 11.3 Å². The van der Waals surface area contributed by atoms with E-state index in [4.69, 9.17) is 5.84 Å². The van der Waals surface area contributed by atoms with Crippen LogP contribution in [0.3, 0.4) is 0 Å². The predicted molar refractivity (Wildman–Crippen MR) is 68.2 cm³/mol. The maximum atomic E-state index is 5.37. The van der Waals surface area contributed by atoms with Crippen LogP contribution in [0.25, 0.3) is 0 Å². The van der Waals surface area contributed by atoms with Gasteiger partial charge in [-0.1, -0.05) is 13.8 Å². The molecule has 1 aromatic rings. The van der Waals surface area contributed by atoms with Crippen molar-refractivity contribution in [2.24, 2.45) is 16.8 Å². The zero-order valence-corrected chi connectivity index (χ0v) is 10.8. The summed E-state index contributed by atoms with van der Waals surface area (Å²) in [5, 5.41) is 6.20. The molecule has 0 aliphatic carbocycles. The Morgan fingerprint density at radius 1 is 1.62 bits per heavy atom. The van der Waals surface area contributed by atoms with Gasteiger partial charge in [0.1, 0.15) is 0 Å². The second-order valence-corrected chi connectivity index (χ2v) is 5.00. The van der Waals surface area contributed by atoms with Gasteiger partial charge < -0.3 is 5.32 Å². The molecule has 6 heteroatoms. The molecule has 0 bridgehead atoms. The first-order valence-corrected chi connectivity index (χ1v) is 6.15. The van der Waals surface area contributed by atoms with Gasteiger partial charge in [-0.2, -0.15) is 0 Å². The monoisotopic (exact) mass is 241 g/mol. The molecule has 0 unspecified atom stereocenters. The maximum Gasteiger partial charge on any atom is 0.206 e. The summed E-state index contributed by atoms with van der Waals surface area (Å²) in [5.41, 5.74) is 3.52. The van der Waals surface area contributed by atoms with Crippen molar-refractivity contribution >= 4 is 17.3 Å². The number of hydrogen-bond donors (Lipinski definition) is 3. The number of nitrogens with zero attached hydrogens (tertiary/aromatic N) is 2. The molecule has 0 fully saturated rings. The fraction of sp³-hybridized carbons (Fsp3) is 0.600. The molecule has 0 amide bonds. The van der Waals surface area contributed by atoms with Crippen LogP contribution >= 0.6 is 11.3 Å². The van der Waals surface area contributed by atoms with Crippen LogP contribution in [0.5, 0.6) is 0 Å². The molecule has 0 aliphatic rings. The van der Waals surface area contributed by atoms with Crippen molar-refractivity contribution in [2.45, 2.75) is 27.3 Å². The van der Waals surface area contributed by atoms with Crippen molar-refractivity contribution in [1.29, 1.82) is 0 Å². The Hall–Kier alpha value is -1.14. The molecule has 1 heterocycles. The van der Waals surface area contributed by atoms with E-state index in [0.29, 0.717) is 18.4 Å². The number of nitrogens with one attached hydrogen (secondary N) is 2. The van der Waals surface area contributed by atoms with Crippen LogP contribution in [-0.4, -0.2) is 17.5 Å². The topological polar surface area (TPSA) is 75.3 Å². The lowest BCUT2D eigenvalue weighted by atomic mass is 10.2. The Morgan fingerprint density at radius 3 is 2.88 bits per heavy atom. The molecule has 0 radical (unpaired) electrons. The standard InChI is InChI=1S/C10H19N5S/c1-7(2)4-12-10(15-11)13-5-9-6-16-8(3)14-9/h6-7H,4-5,11H2,1-3H3,(H2,12,13,15). The van der Waals surface area contributed by atoms with Gasteiger partial charge in [0.2, 0.25) is 5.96 Å². The number of rotatable bonds is 4. The third-order valence-electron chi connectivity index (χ3n) is 1.88. The van der Waals surface area contributed by atoms with Gasteiger partial charge in [0, 0.05) is 11.9 Å². The molecular formula is C10H19N5S. The minimum Gasteiger partial charge on any atom is -0.355 e. The largest absolute Gasteiger partial charge is 0.355 e. The van der Waals surface area contributed by atoms with Crippen molar-refractivity contribution in [2.75, 3.05) is 6.54 Å². The average molecular weight is 241 g/mol. The molecule has 0 saturated heterocycles. The first-order valence-electron chi connectivity index (χ1n) is 5.27. The molecule has 0 spiro atoms. The zero-order valence-electron chi connectivity index (χ0n) is 9.95. The zero-order chi connectivity index (χ0) is 12.0. The molecule has 0 aliphatic heterocycles. The molecular weight excluding hydrogens is 222 g/mol. The average Bonchev–Trinajstić information content (AvgIpc) is 2.64. The smallest absolute Gasteiger partial charge is 0.206 e. The predicted octanol–water partition coefficient (Wildman–Crippen LogP) is 1.02. The van der Waals surface area contributed by atoms with E-state index in [1.54, 1.807) is 11.3 Å². The number of aliphatic imine (C=N–C) groups is 1. The van der Waals surface area contributed by atoms with Crippen LogP contribution in [0, 0.1) is 12.8 Å². The van der Waals surface area contributed by atoms with Gasteiger partial charge in [-0.25, -0.2) is 15.8 Å². The van der Waals surface area contributed by atoms with Gasteiger partial charge >= 0.3 is 0 Å². The highest BCUT2D eigenvalue weighted by Gasteiger charge is 2.00. The number of hydrazine groups is 1. The Kier molecular flexibility index (Phi) is 5.21. The lowest BCUT2D eigenvalue weighted by Gasteiger charge is -2.10. The van der Waals surface area contributed by atoms with Crippen molar-refractivity contribution < 1.29 is 0 Å². The minimum atomic E-state index is 0.551. The number of nitrogens with two attached hydrogens (primary N) is 1. The summed E-state index contributed by atoms with van der Waals surface area (Å²) in [4.78, 5) is 8.64. The van der Waals surface area contributed by atoms with E-state index < -0.39 is 0 Å². The van der Waals surface area contributed by atoms with Crippen molar-refractivity contribution in [3.05, 3.63) is 16.1 Å². The first-order chi connectivity index (χ1) is 7.61. The second-order valence-electron chi connectivity index (χ2n) is 3.94. The number of aryl methyl sites for hydroxylation is 1. The third-order valence-corrected chi connectivity index (χ3v) is 2.70. The van der Waals surface area contributed by atoms with E-state index in [2.05, 4.69) is 34.6 Å². The summed E-state index contributed by atoms with van der Waals surface area (Å²) in [6.45, 7) is 7.64. The van der Waals surface area contributed by atoms with E-state index in [1.165, 1.54) is 0 Å². The summed E-state index contributed by atoms with van der Waals surface area (Å²) < 4.78 is 0.